The molecule has 5 nitrogen and oxygen atoms in total. The van der Waals surface area contributed by atoms with Gasteiger partial charge in [0.05, 0.1) is 23.4 Å². The Morgan fingerprint density at radius 1 is 1.33 bits per heavy atom. The maximum Gasteiger partial charge on any atom is 0.273 e. The number of hydrogen-bond acceptors (Lipinski definition) is 4. The van der Waals surface area contributed by atoms with E-state index in [-0.39, 0.29) is 17.8 Å². The molecule has 3 heterocycles. The van der Waals surface area contributed by atoms with E-state index >= 15 is 0 Å². The number of benzene rings is 1. The number of carbonyl (C=O) groups excluding carboxylic acids is 1. The number of carbonyl (C=O) groups is 1. The van der Waals surface area contributed by atoms with Gasteiger partial charge in [-0.3, -0.25) is 4.79 Å². The van der Waals surface area contributed by atoms with Crippen LogP contribution in [-0.2, 0) is 0 Å². The zero-order valence-corrected chi connectivity index (χ0v) is 13.6. The Bertz CT molecular complexity index is 861. The molecule has 2 aromatic heterocycles. The van der Waals surface area contributed by atoms with Crippen LogP contribution in [0.3, 0.4) is 0 Å². The first-order chi connectivity index (χ1) is 11.7. The second-order valence-electron chi connectivity index (χ2n) is 5.69. The molecule has 24 heavy (non-hydrogen) atoms. The molecule has 1 N–H and O–H groups in total. The number of hydrogen-bond donors (Lipinski definition) is 1. The molecule has 1 aromatic carbocycles. The van der Waals surface area contributed by atoms with Gasteiger partial charge in [-0.15, -0.1) is 11.3 Å². The lowest BCUT2D eigenvalue weighted by Gasteiger charge is -2.22. The molecule has 1 aliphatic rings. The van der Waals surface area contributed by atoms with Gasteiger partial charge in [0.1, 0.15) is 17.3 Å². The number of halogens is 1. The minimum absolute atomic E-state index is 0.0809. The number of nitrogens with zero attached hydrogens (tertiary/aromatic N) is 3. The molecule has 122 valence electrons. The number of imidazole rings is 1. The molecule has 1 saturated heterocycles. The number of amides is 1. The molecule has 1 atom stereocenters. The Kier molecular flexibility index (Phi) is 3.86. The van der Waals surface area contributed by atoms with Crippen LogP contribution < -0.4 is 0 Å². The van der Waals surface area contributed by atoms with Crippen LogP contribution in [0.1, 0.15) is 35.2 Å². The molecule has 1 fully saturated rings. The smallest absolute Gasteiger partial charge is 0.273 e. The fraction of sp³-hybridized carbons (Fsp3) is 0.235. The van der Waals surface area contributed by atoms with Gasteiger partial charge < -0.3 is 9.88 Å². The van der Waals surface area contributed by atoms with Crippen LogP contribution >= 0.6 is 11.3 Å². The number of likely N-dealkylation sites (tertiary alicyclic amines) is 1. The van der Waals surface area contributed by atoms with Crippen LogP contribution in [0.5, 0.6) is 0 Å². The lowest BCUT2D eigenvalue weighted by Crippen LogP contribution is -2.31. The number of nitrogens with one attached hydrogen (secondary N) is 1. The average molecular weight is 342 g/mol. The number of rotatable bonds is 3. The molecule has 0 radical (unpaired) electrons. The Morgan fingerprint density at radius 2 is 2.21 bits per heavy atom. The number of aromatic amines is 1. The molecule has 0 unspecified atom stereocenters. The molecule has 1 amide bonds. The Morgan fingerprint density at radius 3 is 3.00 bits per heavy atom. The van der Waals surface area contributed by atoms with Gasteiger partial charge in [0, 0.05) is 17.5 Å². The minimum Gasteiger partial charge on any atom is -0.340 e. The van der Waals surface area contributed by atoms with E-state index in [2.05, 4.69) is 15.0 Å². The van der Waals surface area contributed by atoms with Crippen molar-refractivity contribution in [1.29, 1.82) is 0 Å². The lowest BCUT2D eigenvalue weighted by atomic mass is 10.1. The van der Waals surface area contributed by atoms with Gasteiger partial charge in [0.2, 0.25) is 0 Å². The third-order valence-corrected chi connectivity index (χ3v) is 4.83. The van der Waals surface area contributed by atoms with E-state index in [4.69, 9.17) is 0 Å². The zero-order valence-electron chi connectivity index (χ0n) is 12.8. The van der Waals surface area contributed by atoms with Crippen LogP contribution in [0.2, 0.25) is 0 Å². The Labute approximate surface area is 142 Å². The van der Waals surface area contributed by atoms with Crippen LogP contribution in [0.25, 0.3) is 11.3 Å². The largest absolute Gasteiger partial charge is 0.340 e. The van der Waals surface area contributed by atoms with Crippen molar-refractivity contribution in [3.63, 3.8) is 0 Å². The summed E-state index contributed by atoms with van der Waals surface area (Å²) in [5, 5.41) is 1.75. The van der Waals surface area contributed by atoms with Gasteiger partial charge in [-0.05, 0) is 25.0 Å². The number of aromatic nitrogens is 3. The Hall–Kier alpha value is -2.54. The summed E-state index contributed by atoms with van der Waals surface area (Å²) in [5.74, 6) is 0.312. The molecule has 3 aromatic rings. The fourth-order valence-corrected chi connectivity index (χ4v) is 3.61. The summed E-state index contributed by atoms with van der Waals surface area (Å²) < 4.78 is 13.9. The van der Waals surface area contributed by atoms with Crippen molar-refractivity contribution in [3.05, 3.63) is 58.7 Å². The van der Waals surface area contributed by atoms with Crippen LogP contribution in [-0.4, -0.2) is 32.3 Å². The summed E-state index contributed by atoms with van der Waals surface area (Å²) in [6, 6.07) is 6.44. The average Bonchev–Trinajstić information content (AvgIpc) is 3.34. The van der Waals surface area contributed by atoms with E-state index in [0.717, 1.165) is 12.8 Å². The highest BCUT2D eigenvalue weighted by Gasteiger charge is 2.33. The maximum atomic E-state index is 13.9. The van der Waals surface area contributed by atoms with Crippen molar-refractivity contribution >= 4 is 17.2 Å². The summed E-state index contributed by atoms with van der Waals surface area (Å²) in [4.78, 5) is 26.1. The lowest BCUT2D eigenvalue weighted by molar-refractivity contribution is 0.0725. The second kappa shape index (κ2) is 6.16. The predicted octanol–water partition coefficient (Wildman–Crippen LogP) is 3.65. The third kappa shape index (κ3) is 2.60. The van der Waals surface area contributed by atoms with Crippen LogP contribution in [0.15, 0.2) is 41.4 Å². The summed E-state index contributed by atoms with van der Waals surface area (Å²) in [6.45, 7) is 0.677. The van der Waals surface area contributed by atoms with Gasteiger partial charge in [0.15, 0.2) is 0 Å². The van der Waals surface area contributed by atoms with E-state index in [1.54, 1.807) is 40.2 Å². The predicted molar refractivity (Wildman–Crippen MR) is 89.1 cm³/mol. The number of thiazole rings is 1. The standard InChI is InChI=1S/C17H15FN4OS/c18-12-5-2-1-4-11(12)13-8-19-16(21-13)15-6-3-7-22(15)17(23)14-9-24-10-20-14/h1-2,4-5,8-10,15H,3,6-7H2,(H,19,21)/t15-/m1/s1. The van der Waals surface area contributed by atoms with E-state index in [0.29, 0.717) is 29.3 Å². The van der Waals surface area contributed by atoms with E-state index in [9.17, 15) is 9.18 Å². The van der Waals surface area contributed by atoms with Crippen LogP contribution in [0.4, 0.5) is 4.39 Å². The van der Waals surface area contributed by atoms with Crippen LogP contribution in [0, 0.1) is 5.82 Å². The highest BCUT2D eigenvalue weighted by atomic mass is 32.1. The Balaban J connectivity index is 1.62. The first-order valence-corrected chi connectivity index (χ1v) is 8.67. The van der Waals surface area contributed by atoms with Crippen molar-refractivity contribution in [1.82, 2.24) is 19.9 Å². The summed E-state index contributed by atoms with van der Waals surface area (Å²) in [6.07, 6.45) is 3.37. The van der Waals surface area contributed by atoms with Gasteiger partial charge in [-0.1, -0.05) is 12.1 Å². The normalized spacial score (nSPS) is 17.4. The van der Waals surface area contributed by atoms with Crippen molar-refractivity contribution < 1.29 is 9.18 Å². The molecule has 1 aliphatic heterocycles. The first kappa shape index (κ1) is 15.0. The fourth-order valence-electron chi connectivity index (χ4n) is 3.08. The third-order valence-electron chi connectivity index (χ3n) is 4.24. The van der Waals surface area contributed by atoms with Gasteiger partial charge in [0.25, 0.3) is 5.91 Å². The molecule has 0 bridgehead atoms. The highest BCUT2D eigenvalue weighted by Crippen LogP contribution is 2.33. The summed E-state index contributed by atoms with van der Waals surface area (Å²) >= 11 is 1.40. The molecule has 7 heteroatoms. The molecular weight excluding hydrogens is 327 g/mol. The highest BCUT2D eigenvalue weighted by molar-refractivity contribution is 7.07. The minimum atomic E-state index is -0.297. The van der Waals surface area contributed by atoms with Gasteiger partial charge in [-0.2, -0.15) is 0 Å². The number of H-pyrrole nitrogens is 1. The van der Waals surface area contributed by atoms with Crippen molar-refractivity contribution in [3.8, 4) is 11.3 Å². The van der Waals surface area contributed by atoms with Crippen molar-refractivity contribution in [2.75, 3.05) is 6.54 Å². The maximum absolute atomic E-state index is 13.9. The summed E-state index contributed by atoms with van der Waals surface area (Å²) in [7, 11) is 0. The molecule has 0 spiro atoms. The van der Waals surface area contributed by atoms with Gasteiger partial charge in [-0.25, -0.2) is 14.4 Å². The molecule has 0 aliphatic carbocycles. The molecular formula is C17H15FN4OS. The van der Waals surface area contributed by atoms with E-state index < -0.39 is 0 Å². The zero-order chi connectivity index (χ0) is 16.5. The second-order valence-corrected chi connectivity index (χ2v) is 6.41. The van der Waals surface area contributed by atoms with Gasteiger partial charge >= 0.3 is 0 Å². The molecule has 4 rings (SSSR count). The van der Waals surface area contributed by atoms with E-state index in [1.807, 2.05) is 0 Å². The first-order valence-electron chi connectivity index (χ1n) is 7.73. The summed E-state index contributed by atoms with van der Waals surface area (Å²) in [5.41, 5.74) is 3.22. The van der Waals surface area contributed by atoms with E-state index in [1.165, 1.54) is 17.4 Å². The quantitative estimate of drug-likeness (QED) is 0.790. The van der Waals surface area contributed by atoms with Crippen molar-refractivity contribution in [2.24, 2.45) is 0 Å². The molecule has 0 saturated carbocycles. The monoisotopic (exact) mass is 342 g/mol. The van der Waals surface area contributed by atoms with Crippen molar-refractivity contribution in [2.45, 2.75) is 18.9 Å². The SMILES string of the molecule is O=C(c1cscn1)N1CCC[C@@H]1c1ncc(-c2ccccc2F)[nH]1. The topological polar surface area (TPSA) is 61.9 Å².